The number of fused-ring (bicyclic) bond motifs is 1. The van der Waals surface area contributed by atoms with E-state index in [9.17, 15) is 9.59 Å². The van der Waals surface area contributed by atoms with Crippen molar-refractivity contribution in [3.63, 3.8) is 0 Å². The first kappa shape index (κ1) is 16.3. The molecule has 22 heavy (non-hydrogen) atoms. The van der Waals surface area contributed by atoms with Crippen molar-refractivity contribution in [1.29, 1.82) is 0 Å². The van der Waals surface area contributed by atoms with Crippen molar-refractivity contribution in [2.45, 2.75) is 33.6 Å². The molecular weight excluding hydrogens is 278 g/mol. The molecule has 1 aromatic carbocycles. The van der Waals surface area contributed by atoms with Crippen LogP contribution in [0.2, 0.25) is 0 Å². The van der Waals surface area contributed by atoms with Crippen molar-refractivity contribution in [1.82, 2.24) is 4.90 Å². The first-order chi connectivity index (χ1) is 10.6. The molecule has 118 valence electrons. The van der Waals surface area contributed by atoms with Crippen LogP contribution in [0.25, 0.3) is 11.0 Å². The first-order valence-corrected chi connectivity index (χ1v) is 7.85. The van der Waals surface area contributed by atoms with Crippen molar-refractivity contribution in [3.8, 4) is 0 Å². The zero-order valence-electron chi connectivity index (χ0n) is 13.5. The fraction of sp³-hybridized carbons (Fsp3) is 0.444. The lowest BCUT2D eigenvalue weighted by Crippen LogP contribution is -2.36. The number of carbonyl (C=O) groups is 2. The maximum Gasteiger partial charge on any atom is 0.225 e. The van der Waals surface area contributed by atoms with E-state index in [1.54, 1.807) is 6.07 Å². The predicted molar refractivity (Wildman–Crippen MR) is 87.0 cm³/mol. The second kappa shape index (κ2) is 7.25. The molecule has 1 amide bonds. The Morgan fingerprint density at radius 3 is 2.73 bits per heavy atom. The summed E-state index contributed by atoms with van der Waals surface area (Å²) in [5, 5.41) is 0.908. The van der Waals surface area contributed by atoms with Gasteiger partial charge in [0.2, 0.25) is 5.91 Å². The molecule has 1 aromatic heterocycles. The molecule has 4 nitrogen and oxygen atoms in total. The number of hydrogen-bond acceptors (Lipinski definition) is 3. The summed E-state index contributed by atoms with van der Waals surface area (Å²) in [5.74, 6) is 0.457. The zero-order chi connectivity index (χ0) is 16.1. The van der Waals surface area contributed by atoms with Crippen LogP contribution in [-0.2, 0) is 11.2 Å². The minimum atomic E-state index is -0.0653. The molecule has 0 aliphatic rings. The Balaban J connectivity index is 2.11. The first-order valence-electron chi connectivity index (χ1n) is 7.85. The van der Waals surface area contributed by atoms with Crippen LogP contribution in [0.5, 0.6) is 0 Å². The van der Waals surface area contributed by atoms with Gasteiger partial charge in [-0.2, -0.15) is 0 Å². The normalized spacial score (nSPS) is 12.3. The van der Waals surface area contributed by atoms with E-state index in [4.69, 9.17) is 4.42 Å². The molecule has 2 aromatic rings. The van der Waals surface area contributed by atoms with E-state index in [-0.39, 0.29) is 11.8 Å². The second-order valence-electron chi connectivity index (χ2n) is 5.66. The summed E-state index contributed by atoms with van der Waals surface area (Å²) in [6.07, 6.45) is 2.35. The van der Waals surface area contributed by atoms with E-state index in [1.165, 1.54) is 0 Å². The Morgan fingerprint density at radius 2 is 2.09 bits per heavy atom. The summed E-state index contributed by atoms with van der Waals surface area (Å²) < 4.78 is 5.44. The van der Waals surface area contributed by atoms with Gasteiger partial charge in [-0.3, -0.25) is 9.59 Å². The quantitative estimate of drug-likeness (QED) is 0.733. The maximum atomic E-state index is 12.4. The molecule has 0 N–H and O–H groups in total. The lowest BCUT2D eigenvalue weighted by atomic mass is 9.99. The Morgan fingerprint density at radius 1 is 1.32 bits per heavy atom. The standard InChI is InChI=1S/C18H23NO3/c1-4-8-19(5-2)18(21)13(3)9-14-6-7-15-11-16(12-20)22-17(15)10-14/h6-7,10-13H,4-5,8-9H2,1-3H3. The van der Waals surface area contributed by atoms with Crippen molar-refractivity contribution in [2.24, 2.45) is 5.92 Å². The topological polar surface area (TPSA) is 50.5 Å². The highest BCUT2D eigenvalue weighted by molar-refractivity contribution is 5.85. The third-order valence-electron chi connectivity index (χ3n) is 3.87. The summed E-state index contributed by atoms with van der Waals surface area (Å²) in [7, 11) is 0. The molecule has 0 saturated carbocycles. The Hall–Kier alpha value is -2.10. The van der Waals surface area contributed by atoms with Crippen LogP contribution >= 0.6 is 0 Å². The Labute approximate surface area is 131 Å². The fourth-order valence-corrected chi connectivity index (χ4v) is 2.73. The molecule has 0 saturated heterocycles. The van der Waals surface area contributed by atoms with Gasteiger partial charge < -0.3 is 9.32 Å². The lowest BCUT2D eigenvalue weighted by Gasteiger charge is -2.24. The van der Waals surface area contributed by atoms with E-state index < -0.39 is 0 Å². The van der Waals surface area contributed by atoms with E-state index in [0.29, 0.717) is 24.1 Å². The van der Waals surface area contributed by atoms with Gasteiger partial charge in [0.15, 0.2) is 12.0 Å². The van der Waals surface area contributed by atoms with E-state index in [0.717, 1.165) is 30.5 Å². The second-order valence-corrected chi connectivity index (χ2v) is 5.66. The smallest absolute Gasteiger partial charge is 0.225 e. The molecule has 0 fully saturated rings. The van der Waals surface area contributed by atoms with Crippen molar-refractivity contribution in [2.75, 3.05) is 13.1 Å². The van der Waals surface area contributed by atoms with Crippen LogP contribution in [0.15, 0.2) is 28.7 Å². The van der Waals surface area contributed by atoms with Crippen LogP contribution in [-0.4, -0.2) is 30.2 Å². The molecule has 0 radical (unpaired) electrons. The van der Waals surface area contributed by atoms with Gasteiger partial charge in [-0.05, 0) is 37.5 Å². The third-order valence-corrected chi connectivity index (χ3v) is 3.87. The molecule has 0 aliphatic carbocycles. The van der Waals surface area contributed by atoms with E-state index in [2.05, 4.69) is 6.92 Å². The minimum Gasteiger partial charge on any atom is -0.453 e. The van der Waals surface area contributed by atoms with Gasteiger partial charge in [0, 0.05) is 24.4 Å². The molecule has 2 rings (SSSR count). The molecule has 4 heteroatoms. The Kier molecular flexibility index (Phi) is 5.36. The monoisotopic (exact) mass is 301 g/mol. The number of carbonyl (C=O) groups excluding carboxylic acids is 2. The highest BCUT2D eigenvalue weighted by atomic mass is 16.3. The molecule has 1 unspecified atom stereocenters. The summed E-state index contributed by atoms with van der Waals surface area (Å²) in [5.41, 5.74) is 1.74. The van der Waals surface area contributed by atoms with Crippen LogP contribution in [0.1, 0.15) is 43.3 Å². The highest BCUT2D eigenvalue weighted by Gasteiger charge is 2.19. The Bertz CT molecular complexity index is 659. The summed E-state index contributed by atoms with van der Waals surface area (Å²) in [6.45, 7) is 7.60. The molecule has 0 bridgehead atoms. The van der Waals surface area contributed by atoms with E-state index >= 15 is 0 Å². The molecule has 0 aliphatic heterocycles. The van der Waals surface area contributed by atoms with Crippen molar-refractivity contribution < 1.29 is 14.0 Å². The van der Waals surface area contributed by atoms with Gasteiger partial charge in [0.1, 0.15) is 5.58 Å². The maximum absolute atomic E-state index is 12.4. The average molecular weight is 301 g/mol. The van der Waals surface area contributed by atoms with Gasteiger partial charge in [-0.1, -0.05) is 26.0 Å². The van der Waals surface area contributed by atoms with Crippen LogP contribution in [0.4, 0.5) is 0 Å². The minimum absolute atomic E-state index is 0.0653. The van der Waals surface area contributed by atoms with Gasteiger partial charge in [0.25, 0.3) is 0 Å². The number of nitrogens with zero attached hydrogens (tertiary/aromatic N) is 1. The largest absolute Gasteiger partial charge is 0.453 e. The summed E-state index contributed by atoms with van der Waals surface area (Å²) >= 11 is 0. The highest BCUT2D eigenvalue weighted by Crippen LogP contribution is 2.22. The fourth-order valence-electron chi connectivity index (χ4n) is 2.73. The average Bonchev–Trinajstić information content (AvgIpc) is 2.94. The molecular formula is C18H23NO3. The molecule has 0 spiro atoms. The number of furan rings is 1. The molecule has 1 atom stereocenters. The predicted octanol–water partition coefficient (Wildman–Crippen LogP) is 3.68. The van der Waals surface area contributed by atoms with Crippen molar-refractivity contribution >= 4 is 23.2 Å². The number of hydrogen-bond donors (Lipinski definition) is 0. The van der Waals surface area contributed by atoms with Crippen LogP contribution in [0.3, 0.4) is 0 Å². The summed E-state index contributed by atoms with van der Waals surface area (Å²) in [4.78, 5) is 25.1. The van der Waals surface area contributed by atoms with Gasteiger partial charge >= 0.3 is 0 Å². The number of rotatable bonds is 7. The third kappa shape index (κ3) is 3.56. The van der Waals surface area contributed by atoms with Gasteiger partial charge in [0.05, 0.1) is 0 Å². The van der Waals surface area contributed by atoms with Crippen molar-refractivity contribution in [3.05, 3.63) is 35.6 Å². The number of benzene rings is 1. The number of amides is 1. The van der Waals surface area contributed by atoms with Gasteiger partial charge in [-0.25, -0.2) is 0 Å². The summed E-state index contributed by atoms with van der Waals surface area (Å²) in [6, 6.07) is 7.57. The zero-order valence-corrected chi connectivity index (χ0v) is 13.5. The number of aldehydes is 1. The molecule has 1 heterocycles. The van der Waals surface area contributed by atoms with E-state index in [1.807, 2.05) is 36.9 Å². The van der Waals surface area contributed by atoms with Crippen LogP contribution in [0, 0.1) is 5.92 Å². The SMILES string of the molecule is CCCN(CC)C(=O)C(C)Cc1ccc2cc(C=O)oc2c1. The van der Waals surface area contributed by atoms with Gasteiger partial charge in [-0.15, -0.1) is 0 Å². The lowest BCUT2D eigenvalue weighted by molar-refractivity contribution is -0.134. The van der Waals surface area contributed by atoms with Crippen LogP contribution < -0.4 is 0 Å².